The highest BCUT2D eigenvalue weighted by Crippen LogP contribution is 2.25. The molecule has 1 aromatic carbocycles. The van der Waals surface area contributed by atoms with Gasteiger partial charge in [0.15, 0.2) is 0 Å². The number of rotatable bonds is 8. The number of amides is 1. The summed E-state index contributed by atoms with van der Waals surface area (Å²) in [5, 5.41) is 6.02. The number of anilines is 1. The van der Waals surface area contributed by atoms with Gasteiger partial charge in [-0.15, -0.1) is 0 Å². The van der Waals surface area contributed by atoms with Gasteiger partial charge in [-0.05, 0) is 18.6 Å². The molecular weight excluding hydrogens is 308 g/mol. The van der Waals surface area contributed by atoms with Crippen LogP contribution in [0.2, 0.25) is 0 Å². The fraction of sp³-hybridized carbons (Fsp3) is 0.500. The maximum atomic E-state index is 11.6. The van der Waals surface area contributed by atoms with Gasteiger partial charge in [0.25, 0.3) is 0 Å². The Morgan fingerprint density at radius 3 is 2.89 bits per heavy atom. The zero-order valence-corrected chi connectivity index (χ0v) is 13.0. The average molecular weight is 329 g/mol. The number of unbranched alkanes of at least 4 members (excludes halogenated alkanes) is 1. The second-order valence-corrected chi connectivity index (χ2v) is 5.11. The molecule has 0 radical (unpaired) electrons. The molecule has 19 heavy (non-hydrogen) atoms. The van der Waals surface area contributed by atoms with E-state index >= 15 is 0 Å². The summed E-state index contributed by atoms with van der Waals surface area (Å²) in [4.78, 5) is 11.6. The average Bonchev–Trinajstić information content (AvgIpc) is 2.40. The molecule has 0 aliphatic rings. The van der Waals surface area contributed by atoms with Crippen molar-refractivity contribution in [3.05, 3.63) is 28.2 Å². The van der Waals surface area contributed by atoms with Crippen LogP contribution in [-0.4, -0.2) is 26.1 Å². The van der Waals surface area contributed by atoms with Crippen LogP contribution >= 0.6 is 15.9 Å². The molecule has 0 unspecified atom stereocenters. The molecule has 1 rings (SSSR count). The topological polar surface area (TPSA) is 50.4 Å². The summed E-state index contributed by atoms with van der Waals surface area (Å²) in [5.41, 5.74) is 1.94. The van der Waals surface area contributed by atoms with Gasteiger partial charge < -0.3 is 15.4 Å². The number of ether oxygens (including phenoxy) is 1. The van der Waals surface area contributed by atoms with E-state index in [1.54, 1.807) is 7.11 Å². The summed E-state index contributed by atoms with van der Waals surface area (Å²) in [5.74, 6) is 0.0109. The van der Waals surface area contributed by atoms with E-state index in [0.29, 0.717) is 6.61 Å². The Kier molecular flexibility index (Phi) is 7.52. The Balaban J connectivity index is 2.52. The lowest BCUT2D eigenvalue weighted by Gasteiger charge is -2.13. The molecule has 0 spiro atoms. The van der Waals surface area contributed by atoms with Gasteiger partial charge in [-0.25, -0.2) is 0 Å². The molecule has 0 heterocycles. The number of benzene rings is 1. The summed E-state index contributed by atoms with van der Waals surface area (Å²) in [6, 6.07) is 5.83. The first kappa shape index (κ1) is 16.0. The van der Waals surface area contributed by atoms with E-state index in [-0.39, 0.29) is 12.5 Å². The molecule has 0 saturated carbocycles. The van der Waals surface area contributed by atoms with Crippen molar-refractivity contribution in [3.8, 4) is 0 Å². The van der Waals surface area contributed by atoms with E-state index in [1.165, 1.54) is 0 Å². The molecule has 2 N–H and O–H groups in total. The van der Waals surface area contributed by atoms with Crippen LogP contribution in [0.1, 0.15) is 25.3 Å². The zero-order valence-electron chi connectivity index (χ0n) is 11.5. The minimum absolute atomic E-state index is 0.0109. The number of hydrogen-bond donors (Lipinski definition) is 2. The van der Waals surface area contributed by atoms with Crippen LogP contribution < -0.4 is 10.6 Å². The van der Waals surface area contributed by atoms with E-state index in [1.807, 2.05) is 18.2 Å². The number of nitrogens with one attached hydrogen (secondary N) is 2. The maximum Gasteiger partial charge on any atom is 0.239 e. The molecule has 0 bridgehead atoms. The Bertz CT molecular complexity index is 410. The summed E-state index contributed by atoms with van der Waals surface area (Å²) in [7, 11) is 1.65. The van der Waals surface area contributed by atoms with Crippen molar-refractivity contribution in [3.63, 3.8) is 0 Å². The molecular formula is C14H21BrN2O2. The molecule has 0 aliphatic heterocycles. The molecule has 5 heteroatoms. The fourth-order valence-electron chi connectivity index (χ4n) is 1.66. The van der Waals surface area contributed by atoms with E-state index in [0.717, 1.165) is 35.1 Å². The lowest BCUT2D eigenvalue weighted by Crippen LogP contribution is -2.30. The highest BCUT2D eigenvalue weighted by Gasteiger charge is 2.07. The standard InChI is InChI=1S/C14H21BrN2O2/c1-3-4-8-16-14(18)9-17-13-7-5-6-12(15)11(13)10-19-2/h5-7,17H,3-4,8-10H2,1-2H3,(H,16,18). The molecule has 0 aliphatic carbocycles. The second kappa shape index (κ2) is 8.93. The first-order chi connectivity index (χ1) is 9.19. The highest BCUT2D eigenvalue weighted by atomic mass is 79.9. The largest absolute Gasteiger partial charge is 0.380 e. The Labute approximate surface area is 123 Å². The number of methoxy groups -OCH3 is 1. The molecule has 4 nitrogen and oxygen atoms in total. The second-order valence-electron chi connectivity index (χ2n) is 4.26. The molecule has 1 amide bonds. The van der Waals surface area contributed by atoms with Gasteiger partial charge >= 0.3 is 0 Å². The van der Waals surface area contributed by atoms with Crippen molar-refractivity contribution in [1.29, 1.82) is 0 Å². The Hall–Kier alpha value is -1.07. The number of hydrogen-bond acceptors (Lipinski definition) is 3. The summed E-state index contributed by atoms with van der Waals surface area (Å²) < 4.78 is 6.14. The third-order valence-electron chi connectivity index (χ3n) is 2.70. The fourth-order valence-corrected chi connectivity index (χ4v) is 2.14. The predicted molar refractivity (Wildman–Crippen MR) is 81.3 cm³/mol. The summed E-state index contributed by atoms with van der Waals surface area (Å²) >= 11 is 3.49. The minimum Gasteiger partial charge on any atom is -0.380 e. The minimum atomic E-state index is 0.0109. The third-order valence-corrected chi connectivity index (χ3v) is 3.44. The van der Waals surface area contributed by atoms with Crippen LogP contribution in [-0.2, 0) is 16.1 Å². The molecule has 1 aromatic rings. The van der Waals surface area contributed by atoms with Gasteiger partial charge in [0.2, 0.25) is 5.91 Å². The lowest BCUT2D eigenvalue weighted by molar-refractivity contribution is -0.119. The number of halogens is 1. The first-order valence-corrected chi connectivity index (χ1v) is 7.25. The van der Waals surface area contributed by atoms with Crippen molar-refractivity contribution in [1.82, 2.24) is 5.32 Å². The Morgan fingerprint density at radius 2 is 2.21 bits per heavy atom. The van der Waals surface area contributed by atoms with Crippen molar-refractivity contribution < 1.29 is 9.53 Å². The van der Waals surface area contributed by atoms with Crippen molar-refractivity contribution in [2.24, 2.45) is 0 Å². The third kappa shape index (κ3) is 5.61. The lowest BCUT2D eigenvalue weighted by atomic mass is 10.2. The van der Waals surface area contributed by atoms with Crippen molar-refractivity contribution in [2.75, 3.05) is 25.5 Å². The van der Waals surface area contributed by atoms with Gasteiger partial charge in [-0.2, -0.15) is 0 Å². The molecule has 0 aromatic heterocycles. The molecule has 106 valence electrons. The predicted octanol–water partition coefficient (Wildman–Crippen LogP) is 2.92. The van der Waals surface area contributed by atoms with Crippen molar-refractivity contribution in [2.45, 2.75) is 26.4 Å². The van der Waals surface area contributed by atoms with E-state index in [9.17, 15) is 4.79 Å². The highest BCUT2D eigenvalue weighted by molar-refractivity contribution is 9.10. The van der Waals surface area contributed by atoms with Gasteiger partial charge in [-0.1, -0.05) is 35.3 Å². The van der Waals surface area contributed by atoms with Crippen LogP contribution in [0, 0.1) is 0 Å². The van der Waals surface area contributed by atoms with Gasteiger partial charge in [0, 0.05) is 29.4 Å². The first-order valence-electron chi connectivity index (χ1n) is 6.46. The quantitative estimate of drug-likeness (QED) is 0.721. The smallest absolute Gasteiger partial charge is 0.239 e. The normalized spacial score (nSPS) is 10.3. The summed E-state index contributed by atoms with van der Waals surface area (Å²) in [6.07, 6.45) is 2.09. The van der Waals surface area contributed by atoms with Gasteiger partial charge in [-0.3, -0.25) is 4.79 Å². The maximum absolute atomic E-state index is 11.6. The number of carbonyl (C=O) groups excluding carboxylic acids is 1. The van der Waals surface area contributed by atoms with Crippen LogP contribution in [0.3, 0.4) is 0 Å². The Morgan fingerprint density at radius 1 is 1.42 bits per heavy atom. The van der Waals surface area contributed by atoms with Gasteiger partial charge in [0.1, 0.15) is 0 Å². The van der Waals surface area contributed by atoms with E-state index in [4.69, 9.17) is 4.74 Å². The van der Waals surface area contributed by atoms with Crippen LogP contribution in [0.4, 0.5) is 5.69 Å². The summed E-state index contributed by atoms with van der Waals surface area (Å²) in [6.45, 7) is 3.61. The molecule has 0 saturated heterocycles. The van der Waals surface area contributed by atoms with Crippen LogP contribution in [0.25, 0.3) is 0 Å². The van der Waals surface area contributed by atoms with E-state index < -0.39 is 0 Å². The number of carbonyl (C=O) groups is 1. The van der Waals surface area contributed by atoms with Crippen LogP contribution in [0.5, 0.6) is 0 Å². The monoisotopic (exact) mass is 328 g/mol. The zero-order chi connectivity index (χ0) is 14.1. The SMILES string of the molecule is CCCCNC(=O)CNc1cccc(Br)c1COC. The van der Waals surface area contributed by atoms with Crippen molar-refractivity contribution >= 4 is 27.5 Å². The molecule has 0 atom stereocenters. The van der Waals surface area contributed by atoms with E-state index in [2.05, 4.69) is 33.5 Å². The van der Waals surface area contributed by atoms with Crippen LogP contribution in [0.15, 0.2) is 22.7 Å². The van der Waals surface area contributed by atoms with Gasteiger partial charge in [0.05, 0.1) is 13.2 Å². The molecule has 0 fully saturated rings.